The summed E-state index contributed by atoms with van der Waals surface area (Å²) in [7, 11) is 3.26. The molecule has 0 aliphatic carbocycles. The number of hydrogen-bond acceptors (Lipinski definition) is 4. The number of methoxy groups -OCH3 is 2. The molecule has 1 heterocycles. The Balaban J connectivity index is 2.32. The molecule has 1 aliphatic rings. The number of hydrogen-bond donors (Lipinski definition) is 2. The van der Waals surface area contributed by atoms with Crippen LogP contribution in [0.1, 0.15) is 18.0 Å². The molecule has 2 N–H and O–H groups in total. The summed E-state index contributed by atoms with van der Waals surface area (Å²) >= 11 is 0. The van der Waals surface area contributed by atoms with Crippen LogP contribution >= 0.6 is 0 Å². The van der Waals surface area contributed by atoms with Crippen molar-refractivity contribution in [3.63, 3.8) is 0 Å². The van der Waals surface area contributed by atoms with Crippen molar-refractivity contribution in [1.82, 2.24) is 5.32 Å². The summed E-state index contributed by atoms with van der Waals surface area (Å²) in [5.41, 5.74) is 1.04. The summed E-state index contributed by atoms with van der Waals surface area (Å²) in [5.74, 6) is 1.47. The van der Waals surface area contributed by atoms with Crippen LogP contribution < -0.4 is 14.8 Å². The summed E-state index contributed by atoms with van der Waals surface area (Å²) in [4.78, 5) is 0. The SMILES string of the molecule is COc1cccc(C2CC(O)CN2)c1OC. The van der Waals surface area contributed by atoms with E-state index in [1.807, 2.05) is 18.2 Å². The van der Waals surface area contributed by atoms with Crippen molar-refractivity contribution in [2.45, 2.75) is 18.6 Å². The normalized spacial score (nSPS) is 24.4. The van der Waals surface area contributed by atoms with Gasteiger partial charge in [0.2, 0.25) is 0 Å². The van der Waals surface area contributed by atoms with E-state index in [0.29, 0.717) is 13.0 Å². The molecule has 16 heavy (non-hydrogen) atoms. The fourth-order valence-corrected chi connectivity index (χ4v) is 2.14. The topological polar surface area (TPSA) is 50.7 Å². The number of rotatable bonds is 3. The highest BCUT2D eigenvalue weighted by Crippen LogP contribution is 2.37. The first kappa shape index (κ1) is 11.2. The smallest absolute Gasteiger partial charge is 0.165 e. The van der Waals surface area contributed by atoms with Gasteiger partial charge in [-0.05, 0) is 12.5 Å². The van der Waals surface area contributed by atoms with E-state index < -0.39 is 0 Å². The predicted molar refractivity (Wildman–Crippen MR) is 60.9 cm³/mol. The lowest BCUT2D eigenvalue weighted by molar-refractivity contribution is 0.193. The molecule has 0 bridgehead atoms. The van der Waals surface area contributed by atoms with Gasteiger partial charge in [0.1, 0.15) is 0 Å². The van der Waals surface area contributed by atoms with Gasteiger partial charge in [0, 0.05) is 18.2 Å². The van der Waals surface area contributed by atoms with Crippen LogP contribution in [-0.2, 0) is 0 Å². The molecule has 2 unspecified atom stereocenters. The Bertz CT molecular complexity index is 367. The quantitative estimate of drug-likeness (QED) is 0.805. The van der Waals surface area contributed by atoms with Gasteiger partial charge in [-0.2, -0.15) is 0 Å². The maximum atomic E-state index is 9.52. The molecule has 1 aromatic carbocycles. The lowest BCUT2D eigenvalue weighted by atomic mass is 10.0. The molecule has 88 valence electrons. The number of para-hydroxylation sites is 1. The van der Waals surface area contributed by atoms with E-state index in [9.17, 15) is 5.11 Å². The Morgan fingerprint density at radius 2 is 2.12 bits per heavy atom. The average Bonchev–Trinajstić information content (AvgIpc) is 2.74. The van der Waals surface area contributed by atoms with Gasteiger partial charge >= 0.3 is 0 Å². The van der Waals surface area contributed by atoms with Crippen LogP contribution in [0.5, 0.6) is 11.5 Å². The average molecular weight is 223 g/mol. The zero-order valence-electron chi connectivity index (χ0n) is 9.56. The lowest BCUT2D eigenvalue weighted by Crippen LogP contribution is -2.15. The number of nitrogens with one attached hydrogen (secondary N) is 1. The molecule has 0 saturated carbocycles. The van der Waals surface area contributed by atoms with E-state index in [1.165, 1.54) is 0 Å². The van der Waals surface area contributed by atoms with Crippen molar-refractivity contribution in [3.05, 3.63) is 23.8 Å². The third kappa shape index (κ3) is 1.99. The Labute approximate surface area is 95.2 Å². The standard InChI is InChI=1S/C12H17NO3/c1-15-11-5-3-4-9(12(11)16-2)10-6-8(14)7-13-10/h3-5,8,10,13-14H,6-7H2,1-2H3. The molecule has 0 radical (unpaired) electrons. The highest BCUT2D eigenvalue weighted by molar-refractivity contribution is 5.48. The van der Waals surface area contributed by atoms with E-state index in [0.717, 1.165) is 17.1 Å². The predicted octanol–water partition coefficient (Wildman–Crippen LogP) is 1.10. The molecule has 2 atom stereocenters. The van der Waals surface area contributed by atoms with Crippen molar-refractivity contribution in [3.8, 4) is 11.5 Å². The third-order valence-corrected chi connectivity index (χ3v) is 2.92. The van der Waals surface area contributed by atoms with E-state index in [4.69, 9.17) is 9.47 Å². The van der Waals surface area contributed by atoms with E-state index in [-0.39, 0.29) is 12.1 Å². The Hall–Kier alpha value is -1.26. The monoisotopic (exact) mass is 223 g/mol. The maximum absolute atomic E-state index is 9.52. The minimum Gasteiger partial charge on any atom is -0.493 e. The number of benzene rings is 1. The van der Waals surface area contributed by atoms with Crippen LogP contribution in [0.25, 0.3) is 0 Å². The van der Waals surface area contributed by atoms with Crippen LogP contribution in [0, 0.1) is 0 Å². The summed E-state index contributed by atoms with van der Waals surface area (Å²) in [5, 5.41) is 12.8. The molecule has 1 aliphatic heterocycles. The Kier molecular flexibility index (Phi) is 3.31. The summed E-state index contributed by atoms with van der Waals surface area (Å²) in [6.45, 7) is 0.630. The summed E-state index contributed by atoms with van der Waals surface area (Å²) in [6, 6.07) is 5.94. The molecule has 1 fully saturated rings. The summed E-state index contributed by atoms with van der Waals surface area (Å²) in [6.07, 6.45) is 0.435. The van der Waals surface area contributed by atoms with Crippen LogP contribution in [0.2, 0.25) is 0 Å². The van der Waals surface area contributed by atoms with Crippen LogP contribution in [0.15, 0.2) is 18.2 Å². The number of aliphatic hydroxyl groups is 1. The Morgan fingerprint density at radius 3 is 2.69 bits per heavy atom. The van der Waals surface area contributed by atoms with Gasteiger partial charge in [-0.3, -0.25) is 0 Å². The van der Waals surface area contributed by atoms with E-state index in [1.54, 1.807) is 14.2 Å². The fraction of sp³-hybridized carbons (Fsp3) is 0.500. The molecule has 0 amide bonds. The minimum atomic E-state index is -0.277. The second-order valence-electron chi connectivity index (χ2n) is 3.93. The molecule has 1 aromatic rings. The summed E-state index contributed by atoms with van der Waals surface area (Å²) < 4.78 is 10.6. The van der Waals surface area contributed by atoms with Gasteiger partial charge in [-0.1, -0.05) is 12.1 Å². The molecule has 4 heteroatoms. The van der Waals surface area contributed by atoms with Crippen LogP contribution in [0.4, 0.5) is 0 Å². The van der Waals surface area contributed by atoms with Gasteiger partial charge in [0.15, 0.2) is 11.5 Å². The molecule has 2 rings (SSSR count). The van der Waals surface area contributed by atoms with Crippen molar-refractivity contribution in [2.75, 3.05) is 20.8 Å². The van der Waals surface area contributed by atoms with Gasteiger partial charge in [0.05, 0.1) is 20.3 Å². The first-order valence-corrected chi connectivity index (χ1v) is 5.38. The van der Waals surface area contributed by atoms with Crippen molar-refractivity contribution in [2.24, 2.45) is 0 Å². The van der Waals surface area contributed by atoms with Gasteiger partial charge in [-0.25, -0.2) is 0 Å². The van der Waals surface area contributed by atoms with Crippen molar-refractivity contribution >= 4 is 0 Å². The third-order valence-electron chi connectivity index (χ3n) is 2.92. The highest BCUT2D eigenvalue weighted by atomic mass is 16.5. The lowest BCUT2D eigenvalue weighted by Gasteiger charge is -2.17. The maximum Gasteiger partial charge on any atom is 0.165 e. The molecular weight excluding hydrogens is 206 g/mol. The molecule has 0 spiro atoms. The van der Waals surface area contributed by atoms with Gasteiger partial charge in [0.25, 0.3) is 0 Å². The zero-order chi connectivity index (χ0) is 11.5. The second kappa shape index (κ2) is 4.72. The molecular formula is C12H17NO3. The minimum absolute atomic E-state index is 0.139. The molecule has 1 saturated heterocycles. The largest absolute Gasteiger partial charge is 0.493 e. The number of aliphatic hydroxyl groups excluding tert-OH is 1. The second-order valence-corrected chi connectivity index (χ2v) is 3.93. The Morgan fingerprint density at radius 1 is 1.31 bits per heavy atom. The molecule has 4 nitrogen and oxygen atoms in total. The van der Waals surface area contributed by atoms with Crippen molar-refractivity contribution < 1.29 is 14.6 Å². The highest BCUT2D eigenvalue weighted by Gasteiger charge is 2.26. The first-order valence-electron chi connectivity index (χ1n) is 5.38. The van der Waals surface area contributed by atoms with Crippen molar-refractivity contribution in [1.29, 1.82) is 0 Å². The van der Waals surface area contributed by atoms with Gasteiger partial charge < -0.3 is 19.9 Å². The van der Waals surface area contributed by atoms with Gasteiger partial charge in [-0.15, -0.1) is 0 Å². The number of ether oxygens (including phenoxy) is 2. The fourth-order valence-electron chi connectivity index (χ4n) is 2.14. The van der Waals surface area contributed by atoms with Crippen LogP contribution in [0.3, 0.4) is 0 Å². The van der Waals surface area contributed by atoms with Crippen LogP contribution in [-0.4, -0.2) is 32.0 Å². The number of β-amino-alcohol motifs (C(OH)–C–C–N with tert-alkyl or cyclic N) is 1. The van der Waals surface area contributed by atoms with E-state index in [2.05, 4.69) is 5.32 Å². The molecule has 0 aromatic heterocycles. The zero-order valence-corrected chi connectivity index (χ0v) is 9.56. The van der Waals surface area contributed by atoms with E-state index >= 15 is 0 Å². The first-order chi connectivity index (χ1) is 7.76.